The molecule has 0 bridgehead atoms. The maximum absolute atomic E-state index is 11.9. The Morgan fingerprint density at radius 2 is 2.35 bits per heavy atom. The van der Waals surface area contributed by atoms with E-state index in [-0.39, 0.29) is 5.91 Å². The molecule has 0 aliphatic carbocycles. The molecule has 1 atom stereocenters. The molecule has 2 rings (SSSR count). The van der Waals surface area contributed by atoms with Crippen LogP contribution < -0.4 is 10.6 Å². The Morgan fingerprint density at radius 3 is 3.10 bits per heavy atom. The van der Waals surface area contributed by atoms with Gasteiger partial charge in [0.2, 0.25) is 5.91 Å². The molecule has 1 aliphatic rings. The zero-order valence-electron chi connectivity index (χ0n) is 11.7. The number of hydrogen-bond donors (Lipinski definition) is 2. The number of nitrogens with one attached hydrogen (secondary N) is 2. The van der Waals surface area contributed by atoms with Gasteiger partial charge in [-0.05, 0) is 19.1 Å². The molecule has 0 aromatic heterocycles. The molecule has 1 aliphatic heterocycles. The highest BCUT2D eigenvalue weighted by molar-refractivity contribution is 5.92. The Bertz CT molecular complexity index is 509. The molecule has 0 saturated carbocycles. The Kier molecular flexibility index (Phi) is 5.10. The molecule has 1 heterocycles. The second kappa shape index (κ2) is 7.04. The summed E-state index contributed by atoms with van der Waals surface area (Å²) in [6.45, 7) is 5.83. The van der Waals surface area contributed by atoms with Crippen LogP contribution in [0.2, 0.25) is 0 Å². The lowest BCUT2D eigenvalue weighted by Crippen LogP contribution is -2.49. The quantitative estimate of drug-likeness (QED) is 0.863. The standard InChI is InChI=1S/C15H20N4O/c1-12-11-19(9-7-17-12)8-6-15(20)18-14-5-3-2-4-13(14)10-16/h2-5,12,17H,6-9,11H2,1H3,(H,18,20)/t12-/m1/s1. The van der Waals surface area contributed by atoms with Crippen LogP contribution in [0, 0.1) is 11.3 Å². The number of anilines is 1. The number of carbonyl (C=O) groups is 1. The van der Waals surface area contributed by atoms with E-state index in [1.165, 1.54) is 0 Å². The molecule has 20 heavy (non-hydrogen) atoms. The fraction of sp³-hybridized carbons (Fsp3) is 0.467. The fourth-order valence-electron chi connectivity index (χ4n) is 2.38. The monoisotopic (exact) mass is 272 g/mol. The molecule has 5 nitrogen and oxygen atoms in total. The van der Waals surface area contributed by atoms with Crippen LogP contribution in [0.3, 0.4) is 0 Å². The first-order chi connectivity index (χ1) is 9.69. The molecular weight excluding hydrogens is 252 g/mol. The smallest absolute Gasteiger partial charge is 0.225 e. The summed E-state index contributed by atoms with van der Waals surface area (Å²) in [4.78, 5) is 14.2. The summed E-state index contributed by atoms with van der Waals surface area (Å²) in [5.41, 5.74) is 1.09. The van der Waals surface area contributed by atoms with Gasteiger partial charge in [0.1, 0.15) is 6.07 Å². The van der Waals surface area contributed by atoms with Crippen LogP contribution in [-0.2, 0) is 4.79 Å². The van der Waals surface area contributed by atoms with E-state index in [0.29, 0.717) is 23.7 Å². The average molecular weight is 272 g/mol. The Morgan fingerprint density at radius 1 is 1.55 bits per heavy atom. The maximum atomic E-state index is 11.9. The number of amides is 1. The molecule has 1 aromatic carbocycles. The van der Waals surface area contributed by atoms with Gasteiger partial charge in [-0.3, -0.25) is 4.79 Å². The van der Waals surface area contributed by atoms with E-state index in [2.05, 4.69) is 28.5 Å². The first kappa shape index (κ1) is 14.5. The molecule has 0 unspecified atom stereocenters. The van der Waals surface area contributed by atoms with Crippen molar-refractivity contribution >= 4 is 11.6 Å². The fourth-order valence-corrected chi connectivity index (χ4v) is 2.38. The van der Waals surface area contributed by atoms with Crippen molar-refractivity contribution in [3.63, 3.8) is 0 Å². The Labute approximate surface area is 119 Å². The number of carbonyl (C=O) groups excluding carboxylic acids is 1. The van der Waals surface area contributed by atoms with Crippen LogP contribution in [0.5, 0.6) is 0 Å². The maximum Gasteiger partial charge on any atom is 0.225 e. The van der Waals surface area contributed by atoms with Gasteiger partial charge in [-0.1, -0.05) is 12.1 Å². The lowest BCUT2D eigenvalue weighted by Gasteiger charge is -2.31. The molecule has 1 saturated heterocycles. The molecule has 2 N–H and O–H groups in total. The zero-order valence-corrected chi connectivity index (χ0v) is 11.7. The van der Waals surface area contributed by atoms with Gasteiger partial charge in [-0.25, -0.2) is 0 Å². The number of benzene rings is 1. The van der Waals surface area contributed by atoms with Crippen molar-refractivity contribution in [2.24, 2.45) is 0 Å². The third kappa shape index (κ3) is 4.05. The third-order valence-corrected chi connectivity index (χ3v) is 3.43. The summed E-state index contributed by atoms with van der Waals surface area (Å²) in [6.07, 6.45) is 0.451. The van der Waals surface area contributed by atoms with Gasteiger partial charge in [0.05, 0.1) is 11.3 Å². The van der Waals surface area contributed by atoms with E-state index >= 15 is 0 Å². The van der Waals surface area contributed by atoms with Gasteiger partial charge in [-0.2, -0.15) is 5.26 Å². The predicted molar refractivity (Wildman–Crippen MR) is 78.3 cm³/mol. The van der Waals surface area contributed by atoms with Gasteiger partial charge in [-0.15, -0.1) is 0 Å². The van der Waals surface area contributed by atoms with E-state index in [9.17, 15) is 4.79 Å². The first-order valence-electron chi connectivity index (χ1n) is 6.94. The number of para-hydroxylation sites is 1. The number of hydrogen-bond acceptors (Lipinski definition) is 4. The molecule has 106 valence electrons. The van der Waals surface area contributed by atoms with Crippen molar-refractivity contribution in [1.82, 2.24) is 10.2 Å². The highest BCUT2D eigenvalue weighted by atomic mass is 16.1. The normalized spacial score (nSPS) is 19.3. The SMILES string of the molecule is C[C@@H]1CN(CCC(=O)Nc2ccccc2C#N)CCN1. The van der Waals surface area contributed by atoms with Crippen LogP contribution >= 0.6 is 0 Å². The van der Waals surface area contributed by atoms with Crippen molar-refractivity contribution in [3.8, 4) is 6.07 Å². The molecule has 1 fully saturated rings. The molecule has 0 spiro atoms. The lowest BCUT2D eigenvalue weighted by molar-refractivity contribution is -0.116. The van der Waals surface area contributed by atoms with Crippen molar-refractivity contribution in [2.45, 2.75) is 19.4 Å². The Balaban J connectivity index is 1.82. The second-order valence-electron chi connectivity index (χ2n) is 5.11. The van der Waals surface area contributed by atoms with E-state index < -0.39 is 0 Å². The molecule has 0 radical (unpaired) electrons. The third-order valence-electron chi connectivity index (χ3n) is 3.43. The van der Waals surface area contributed by atoms with Gasteiger partial charge < -0.3 is 15.5 Å². The number of piperazine rings is 1. The van der Waals surface area contributed by atoms with Crippen molar-refractivity contribution in [2.75, 3.05) is 31.5 Å². The van der Waals surface area contributed by atoms with Crippen LogP contribution in [0.4, 0.5) is 5.69 Å². The van der Waals surface area contributed by atoms with Gasteiger partial charge >= 0.3 is 0 Å². The summed E-state index contributed by atoms with van der Waals surface area (Å²) in [5.74, 6) is -0.0427. The van der Waals surface area contributed by atoms with Crippen LogP contribution in [0.25, 0.3) is 0 Å². The zero-order chi connectivity index (χ0) is 14.4. The van der Waals surface area contributed by atoms with Gasteiger partial charge in [0.15, 0.2) is 0 Å². The highest BCUT2D eigenvalue weighted by Gasteiger charge is 2.16. The summed E-state index contributed by atoms with van der Waals surface area (Å²) in [5, 5.41) is 15.2. The van der Waals surface area contributed by atoms with E-state index in [1.807, 2.05) is 6.07 Å². The minimum atomic E-state index is -0.0427. The van der Waals surface area contributed by atoms with Crippen molar-refractivity contribution in [3.05, 3.63) is 29.8 Å². The number of nitriles is 1. The first-order valence-corrected chi connectivity index (χ1v) is 6.94. The van der Waals surface area contributed by atoms with Gasteiger partial charge in [0.25, 0.3) is 0 Å². The summed E-state index contributed by atoms with van der Waals surface area (Å²) < 4.78 is 0. The summed E-state index contributed by atoms with van der Waals surface area (Å²) in [7, 11) is 0. The summed E-state index contributed by atoms with van der Waals surface area (Å²) >= 11 is 0. The second-order valence-corrected chi connectivity index (χ2v) is 5.11. The molecule has 5 heteroatoms. The summed E-state index contributed by atoms with van der Waals surface area (Å²) in [6, 6.07) is 9.61. The number of rotatable bonds is 4. The van der Waals surface area contributed by atoms with Crippen molar-refractivity contribution in [1.29, 1.82) is 5.26 Å². The average Bonchev–Trinajstić information content (AvgIpc) is 2.46. The topological polar surface area (TPSA) is 68.2 Å². The highest BCUT2D eigenvalue weighted by Crippen LogP contribution is 2.13. The minimum absolute atomic E-state index is 0.0427. The molecule has 1 amide bonds. The van der Waals surface area contributed by atoms with Crippen LogP contribution in [0.15, 0.2) is 24.3 Å². The van der Waals surface area contributed by atoms with Crippen LogP contribution in [-0.4, -0.2) is 43.0 Å². The molecule has 1 aromatic rings. The van der Waals surface area contributed by atoms with E-state index in [0.717, 1.165) is 26.2 Å². The minimum Gasteiger partial charge on any atom is -0.325 e. The van der Waals surface area contributed by atoms with Crippen LogP contribution in [0.1, 0.15) is 18.9 Å². The van der Waals surface area contributed by atoms with Crippen molar-refractivity contribution < 1.29 is 4.79 Å². The van der Waals surface area contributed by atoms with E-state index in [1.54, 1.807) is 18.2 Å². The van der Waals surface area contributed by atoms with E-state index in [4.69, 9.17) is 5.26 Å². The largest absolute Gasteiger partial charge is 0.325 e. The number of nitrogens with zero attached hydrogens (tertiary/aromatic N) is 2. The Hall–Kier alpha value is -1.90. The van der Waals surface area contributed by atoms with Gasteiger partial charge in [0, 0.05) is 38.6 Å². The predicted octanol–water partition coefficient (Wildman–Crippen LogP) is 1.18. The molecular formula is C15H20N4O. The lowest BCUT2D eigenvalue weighted by atomic mass is 10.2.